The van der Waals surface area contributed by atoms with Crippen molar-refractivity contribution < 1.29 is 14.3 Å². The van der Waals surface area contributed by atoms with Crippen molar-refractivity contribution in [1.29, 1.82) is 0 Å². The van der Waals surface area contributed by atoms with Gasteiger partial charge in [-0.25, -0.2) is 4.79 Å². The number of nitrogens with zero attached hydrogens (tertiary/aromatic N) is 1. The third-order valence-corrected chi connectivity index (χ3v) is 3.29. The molecule has 0 bridgehead atoms. The normalized spacial score (nSPS) is 11.3. The number of hydrogen-bond donors (Lipinski definition) is 1. The molecule has 0 saturated carbocycles. The minimum atomic E-state index is -0.450. The highest BCUT2D eigenvalue weighted by atomic mass is 16.6. The van der Waals surface area contributed by atoms with E-state index in [0.29, 0.717) is 13.2 Å². The Balaban J connectivity index is 2.26. The number of carbonyl (C=O) groups is 1. The lowest BCUT2D eigenvalue weighted by molar-refractivity contribution is 0.0297. The van der Waals surface area contributed by atoms with Gasteiger partial charge in [0.25, 0.3) is 0 Å². The van der Waals surface area contributed by atoms with Crippen LogP contribution in [0.15, 0.2) is 24.3 Å². The fourth-order valence-corrected chi connectivity index (χ4v) is 2.12. The minimum absolute atomic E-state index is 0.275. The summed E-state index contributed by atoms with van der Waals surface area (Å²) in [4.78, 5) is 13.4. The van der Waals surface area contributed by atoms with Gasteiger partial charge in [-0.2, -0.15) is 0 Å². The van der Waals surface area contributed by atoms with Gasteiger partial charge in [-0.3, -0.25) is 0 Å². The number of amides is 1. The van der Waals surface area contributed by atoms with Crippen LogP contribution in [0.1, 0.15) is 38.3 Å². The van der Waals surface area contributed by atoms with Crippen LogP contribution in [-0.2, 0) is 22.6 Å². The number of rotatable bonds is 8. The van der Waals surface area contributed by atoms with E-state index in [0.717, 1.165) is 19.5 Å². The molecule has 5 heteroatoms. The van der Waals surface area contributed by atoms with Crippen molar-refractivity contribution in [3.8, 4) is 0 Å². The van der Waals surface area contributed by atoms with E-state index >= 15 is 0 Å². The molecule has 0 aliphatic heterocycles. The molecule has 1 rings (SSSR count). The molecule has 0 atom stereocenters. The van der Waals surface area contributed by atoms with E-state index in [1.165, 1.54) is 11.1 Å². The van der Waals surface area contributed by atoms with Gasteiger partial charge in [-0.15, -0.1) is 0 Å². The highest BCUT2D eigenvalue weighted by Gasteiger charge is 2.18. The zero-order valence-corrected chi connectivity index (χ0v) is 15.0. The Labute approximate surface area is 140 Å². The second kappa shape index (κ2) is 9.53. The van der Waals surface area contributed by atoms with Crippen LogP contribution in [0.25, 0.3) is 0 Å². The van der Waals surface area contributed by atoms with Crippen molar-refractivity contribution in [3.05, 3.63) is 35.4 Å². The minimum Gasteiger partial charge on any atom is -0.444 e. The van der Waals surface area contributed by atoms with Gasteiger partial charge in [-0.05, 0) is 44.9 Å². The van der Waals surface area contributed by atoms with Crippen molar-refractivity contribution in [2.45, 2.75) is 45.9 Å². The number of nitrogens with one attached hydrogen (secondary N) is 1. The Hall–Kier alpha value is -1.59. The van der Waals surface area contributed by atoms with Gasteiger partial charge in [0.1, 0.15) is 5.60 Å². The molecule has 0 heterocycles. The maximum atomic E-state index is 11.8. The smallest absolute Gasteiger partial charge is 0.410 e. The fraction of sp³-hybridized carbons (Fsp3) is 0.611. The predicted octanol–water partition coefficient (Wildman–Crippen LogP) is 3.18. The van der Waals surface area contributed by atoms with Gasteiger partial charge >= 0.3 is 6.09 Å². The average Bonchev–Trinajstić information content (AvgIpc) is 2.47. The van der Waals surface area contributed by atoms with Crippen LogP contribution in [0.2, 0.25) is 0 Å². The maximum Gasteiger partial charge on any atom is 0.410 e. The second-order valence-electron chi connectivity index (χ2n) is 6.63. The summed E-state index contributed by atoms with van der Waals surface area (Å²) >= 11 is 0. The average molecular weight is 322 g/mol. The first-order valence-electron chi connectivity index (χ1n) is 8.04. The van der Waals surface area contributed by atoms with Crippen molar-refractivity contribution in [2.75, 3.05) is 27.2 Å². The van der Waals surface area contributed by atoms with E-state index in [4.69, 9.17) is 9.47 Å². The monoisotopic (exact) mass is 322 g/mol. The third-order valence-electron chi connectivity index (χ3n) is 3.29. The first-order valence-corrected chi connectivity index (χ1v) is 8.04. The van der Waals surface area contributed by atoms with E-state index in [1.54, 1.807) is 19.1 Å². The number of carbonyl (C=O) groups excluding carboxylic acids is 1. The summed E-state index contributed by atoms with van der Waals surface area (Å²) in [5, 5.41) is 3.41. The summed E-state index contributed by atoms with van der Waals surface area (Å²) in [7, 11) is 3.47. The largest absolute Gasteiger partial charge is 0.444 e. The van der Waals surface area contributed by atoms with Crippen LogP contribution in [-0.4, -0.2) is 43.8 Å². The molecule has 0 fully saturated rings. The van der Waals surface area contributed by atoms with Gasteiger partial charge in [0, 0.05) is 27.2 Å². The van der Waals surface area contributed by atoms with E-state index in [9.17, 15) is 4.79 Å². The Morgan fingerprint density at radius 1 is 1.22 bits per heavy atom. The zero-order chi connectivity index (χ0) is 17.3. The summed E-state index contributed by atoms with van der Waals surface area (Å²) < 4.78 is 10.5. The quantitative estimate of drug-likeness (QED) is 0.747. The topological polar surface area (TPSA) is 50.8 Å². The molecule has 0 radical (unpaired) electrons. The number of methoxy groups -OCH3 is 1. The molecule has 1 aromatic carbocycles. The standard InChI is InChI=1S/C18H30N2O3/c1-18(2,3)23-17(21)20(4)12-8-11-19-13-15-9-6-7-10-16(15)14-22-5/h6-7,9-10,19H,8,11-14H2,1-5H3. The van der Waals surface area contributed by atoms with Crippen LogP contribution < -0.4 is 5.32 Å². The first kappa shape index (κ1) is 19.5. The van der Waals surface area contributed by atoms with Crippen LogP contribution in [0, 0.1) is 0 Å². The molecule has 1 aromatic rings. The van der Waals surface area contributed by atoms with Crippen LogP contribution in [0.5, 0.6) is 0 Å². The molecule has 1 amide bonds. The molecule has 0 spiro atoms. The predicted molar refractivity (Wildman–Crippen MR) is 92.3 cm³/mol. The van der Waals surface area contributed by atoms with Gasteiger partial charge in [-0.1, -0.05) is 24.3 Å². The van der Waals surface area contributed by atoms with Crippen LogP contribution >= 0.6 is 0 Å². The highest BCUT2D eigenvalue weighted by Crippen LogP contribution is 2.10. The van der Waals surface area contributed by atoms with Gasteiger partial charge < -0.3 is 19.7 Å². The van der Waals surface area contributed by atoms with Crippen molar-refractivity contribution in [1.82, 2.24) is 10.2 Å². The Bertz CT molecular complexity index is 483. The molecule has 1 N–H and O–H groups in total. The molecule has 130 valence electrons. The van der Waals surface area contributed by atoms with E-state index in [-0.39, 0.29) is 6.09 Å². The van der Waals surface area contributed by atoms with Crippen molar-refractivity contribution in [2.24, 2.45) is 0 Å². The Morgan fingerprint density at radius 3 is 2.48 bits per heavy atom. The molecule has 5 nitrogen and oxygen atoms in total. The molecular formula is C18H30N2O3. The van der Waals surface area contributed by atoms with Crippen LogP contribution in [0.4, 0.5) is 4.79 Å². The number of benzene rings is 1. The molecule has 0 unspecified atom stereocenters. The van der Waals surface area contributed by atoms with Crippen LogP contribution in [0.3, 0.4) is 0 Å². The number of hydrogen-bond acceptors (Lipinski definition) is 4. The fourth-order valence-electron chi connectivity index (χ4n) is 2.12. The Kier molecular flexibility index (Phi) is 8.06. The van der Waals surface area contributed by atoms with Gasteiger partial charge in [0.15, 0.2) is 0 Å². The SMILES string of the molecule is COCc1ccccc1CNCCCN(C)C(=O)OC(C)(C)C. The maximum absolute atomic E-state index is 11.8. The molecular weight excluding hydrogens is 292 g/mol. The lowest BCUT2D eigenvalue weighted by Gasteiger charge is -2.24. The summed E-state index contributed by atoms with van der Waals surface area (Å²) in [6.45, 7) is 8.55. The zero-order valence-electron chi connectivity index (χ0n) is 15.0. The van der Waals surface area contributed by atoms with E-state index in [2.05, 4.69) is 17.4 Å². The highest BCUT2D eigenvalue weighted by molar-refractivity contribution is 5.67. The molecule has 0 aromatic heterocycles. The molecule has 23 heavy (non-hydrogen) atoms. The summed E-state index contributed by atoms with van der Waals surface area (Å²) in [5.41, 5.74) is 2.00. The summed E-state index contributed by atoms with van der Waals surface area (Å²) in [6.07, 6.45) is 0.602. The van der Waals surface area contributed by atoms with Gasteiger partial charge in [0.05, 0.1) is 6.61 Å². The third kappa shape index (κ3) is 8.00. The summed E-state index contributed by atoms with van der Waals surface area (Å²) in [6, 6.07) is 8.24. The van der Waals surface area contributed by atoms with E-state index < -0.39 is 5.60 Å². The number of ether oxygens (including phenoxy) is 2. The first-order chi connectivity index (χ1) is 10.8. The molecule has 0 aliphatic rings. The van der Waals surface area contributed by atoms with Crippen molar-refractivity contribution >= 4 is 6.09 Å². The lowest BCUT2D eigenvalue weighted by atomic mass is 10.1. The summed E-state index contributed by atoms with van der Waals surface area (Å²) in [5.74, 6) is 0. The van der Waals surface area contributed by atoms with Crippen molar-refractivity contribution in [3.63, 3.8) is 0 Å². The second-order valence-corrected chi connectivity index (χ2v) is 6.63. The van der Waals surface area contributed by atoms with E-state index in [1.807, 2.05) is 32.9 Å². The van der Waals surface area contributed by atoms with Gasteiger partial charge in [0.2, 0.25) is 0 Å². The Morgan fingerprint density at radius 2 is 1.87 bits per heavy atom. The molecule has 0 aliphatic carbocycles. The molecule has 0 saturated heterocycles. The lowest BCUT2D eigenvalue weighted by Crippen LogP contribution is -2.35.